The van der Waals surface area contributed by atoms with Crippen LogP contribution in [0.2, 0.25) is 0 Å². The molecule has 0 bridgehead atoms. The number of hydrogen-bond donors (Lipinski definition) is 1. The summed E-state index contributed by atoms with van der Waals surface area (Å²) in [7, 11) is 0. The first-order chi connectivity index (χ1) is 6.36. The molecular weight excluding hydrogens is 172 g/mol. The molecule has 0 aliphatic rings. The van der Waals surface area contributed by atoms with Crippen molar-refractivity contribution in [2.75, 3.05) is 6.61 Å². The fourth-order valence-corrected chi connectivity index (χ4v) is 0.706. The van der Waals surface area contributed by atoms with Gasteiger partial charge in [-0.1, -0.05) is 0 Å². The molecule has 0 saturated heterocycles. The molecule has 13 heavy (non-hydrogen) atoms. The molecule has 1 aromatic rings. The molecule has 0 spiro atoms. The maximum absolute atomic E-state index is 9.85. The molecular formula is C8H8N2O3. The molecule has 1 rings (SSSR count). The number of nitrogens with zero attached hydrogens (tertiary/aromatic N) is 1. The topological polar surface area (TPSA) is 71.7 Å². The van der Waals surface area contributed by atoms with E-state index in [4.69, 9.17) is 10.4 Å². The summed E-state index contributed by atoms with van der Waals surface area (Å²) < 4.78 is 0. The molecule has 0 atom stereocenters. The maximum Gasteiger partial charge on any atom is 0.165 e. The lowest BCUT2D eigenvalue weighted by Gasteiger charge is -2.00. The minimum absolute atomic E-state index is 0.107. The predicted octanol–water partition coefficient (Wildman–Crippen LogP) is 1.86. The van der Waals surface area contributed by atoms with Crippen molar-refractivity contribution in [3.8, 4) is 5.75 Å². The third kappa shape index (κ3) is 3.00. The van der Waals surface area contributed by atoms with E-state index in [1.54, 1.807) is 24.3 Å². The van der Waals surface area contributed by atoms with E-state index in [-0.39, 0.29) is 6.61 Å². The van der Waals surface area contributed by atoms with Crippen LogP contribution in [0.4, 0.5) is 5.69 Å². The van der Waals surface area contributed by atoms with Crippen LogP contribution in [0.5, 0.6) is 5.75 Å². The second kappa shape index (κ2) is 5.00. The molecule has 0 aromatic heterocycles. The Morgan fingerprint density at radius 2 is 2.08 bits per heavy atom. The predicted molar refractivity (Wildman–Crippen MR) is 43.9 cm³/mol. The Morgan fingerprint density at radius 1 is 1.38 bits per heavy atom. The zero-order valence-electron chi connectivity index (χ0n) is 6.77. The largest absolute Gasteiger partial charge is 0.337 e. The van der Waals surface area contributed by atoms with Crippen LogP contribution in [0, 0.1) is 5.53 Å². The van der Waals surface area contributed by atoms with Gasteiger partial charge in [0, 0.05) is 0 Å². The van der Waals surface area contributed by atoms with Crippen LogP contribution < -0.4 is 4.89 Å². The van der Waals surface area contributed by atoms with Crippen LogP contribution in [0.1, 0.15) is 0 Å². The van der Waals surface area contributed by atoms with Crippen molar-refractivity contribution in [2.45, 2.75) is 0 Å². The third-order valence-corrected chi connectivity index (χ3v) is 1.26. The lowest BCUT2D eigenvalue weighted by atomic mass is 10.3. The van der Waals surface area contributed by atoms with Crippen molar-refractivity contribution in [1.29, 1.82) is 5.53 Å². The standard InChI is InChI=1S/C8H8N2O3/c9-10-7-1-3-8(4-2-7)13-12-6-5-11/h1-5,9H,6H2. The van der Waals surface area contributed by atoms with Gasteiger partial charge in [0.25, 0.3) is 0 Å². The summed E-state index contributed by atoms with van der Waals surface area (Å²) in [6, 6.07) is 6.40. The first-order valence-corrected chi connectivity index (χ1v) is 3.57. The normalized spacial score (nSPS) is 9.23. The van der Waals surface area contributed by atoms with Crippen molar-refractivity contribution >= 4 is 12.0 Å². The summed E-state index contributed by atoms with van der Waals surface area (Å²) in [5, 5.41) is 3.21. The lowest BCUT2D eigenvalue weighted by molar-refractivity contribution is -0.201. The van der Waals surface area contributed by atoms with Crippen LogP contribution in [0.15, 0.2) is 29.4 Å². The van der Waals surface area contributed by atoms with Gasteiger partial charge in [0.15, 0.2) is 5.75 Å². The Balaban J connectivity index is 2.48. The molecule has 0 amide bonds. The van der Waals surface area contributed by atoms with Crippen molar-refractivity contribution in [3.63, 3.8) is 0 Å². The molecule has 5 heteroatoms. The number of rotatable bonds is 5. The summed E-state index contributed by atoms with van der Waals surface area (Å²) in [6.45, 7) is -0.107. The number of aldehydes is 1. The molecule has 0 unspecified atom stereocenters. The Bertz CT molecular complexity index is 284. The Hall–Kier alpha value is -1.75. The summed E-state index contributed by atoms with van der Waals surface area (Å²) in [6.07, 6.45) is 0.591. The Morgan fingerprint density at radius 3 is 2.62 bits per heavy atom. The summed E-state index contributed by atoms with van der Waals surface area (Å²) in [5.41, 5.74) is 7.22. The number of hydrogen-bond acceptors (Lipinski definition) is 5. The van der Waals surface area contributed by atoms with Crippen LogP contribution >= 0.6 is 0 Å². The highest BCUT2D eigenvalue weighted by atomic mass is 17.2. The second-order valence-electron chi connectivity index (χ2n) is 2.14. The number of benzene rings is 1. The first-order valence-electron chi connectivity index (χ1n) is 3.57. The Kier molecular flexibility index (Phi) is 3.59. The summed E-state index contributed by atoms with van der Waals surface area (Å²) >= 11 is 0. The van der Waals surface area contributed by atoms with Crippen LogP contribution in [0.3, 0.4) is 0 Å². The zero-order valence-corrected chi connectivity index (χ0v) is 6.77. The van der Waals surface area contributed by atoms with Gasteiger partial charge in [-0.15, -0.1) is 0 Å². The van der Waals surface area contributed by atoms with Crippen LogP contribution in [-0.2, 0) is 9.68 Å². The van der Waals surface area contributed by atoms with Crippen molar-refractivity contribution in [2.24, 2.45) is 5.11 Å². The monoisotopic (exact) mass is 180 g/mol. The molecule has 0 aliphatic heterocycles. The van der Waals surface area contributed by atoms with E-state index in [2.05, 4.69) is 10.0 Å². The molecule has 1 aromatic carbocycles. The molecule has 0 heterocycles. The van der Waals surface area contributed by atoms with Gasteiger partial charge in [-0.25, -0.2) is 5.53 Å². The van der Waals surface area contributed by atoms with E-state index in [1.165, 1.54) is 0 Å². The summed E-state index contributed by atoms with van der Waals surface area (Å²) in [4.78, 5) is 19.1. The molecule has 0 saturated carbocycles. The van der Waals surface area contributed by atoms with E-state index in [0.29, 0.717) is 17.7 Å². The first kappa shape index (κ1) is 9.34. The maximum atomic E-state index is 9.85. The van der Waals surface area contributed by atoms with Gasteiger partial charge in [-0.2, -0.15) is 10.0 Å². The Labute approximate surface area is 74.7 Å². The minimum atomic E-state index is -0.107. The summed E-state index contributed by atoms with van der Waals surface area (Å²) in [5.74, 6) is 0.467. The van der Waals surface area contributed by atoms with E-state index in [1.807, 2.05) is 0 Å². The number of carbonyl (C=O) groups is 1. The van der Waals surface area contributed by atoms with Gasteiger partial charge in [0.1, 0.15) is 12.9 Å². The van der Waals surface area contributed by atoms with Gasteiger partial charge in [-0.05, 0) is 24.3 Å². The van der Waals surface area contributed by atoms with Crippen molar-refractivity contribution < 1.29 is 14.6 Å². The van der Waals surface area contributed by atoms with Crippen molar-refractivity contribution in [3.05, 3.63) is 24.3 Å². The third-order valence-electron chi connectivity index (χ3n) is 1.26. The van der Waals surface area contributed by atoms with Crippen LogP contribution in [-0.4, -0.2) is 12.9 Å². The van der Waals surface area contributed by atoms with E-state index >= 15 is 0 Å². The van der Waals surface area contributed by atoms with Gasteiger partial charge in [-0.3, -0.25) is 0 Å². The minimum Gasteiger partial charge on any atom is -0.337 e. The number of carbonyl (C=O) groups excluding carboxylic acids is 1. The zero-order chi connectivity index (χ0) is 9.52. The SMILES string of the molecule is N=Nc1ccc(OOCC=O)cc1. The van der Waals surface area contributed by atoms with Gasteiger partial charge < -0.3 is 9.68 Å². The quantitative estimate of drug-likeness (QED) is 0.247. The molecule has 0 fully saturated rings. The van der Waals surface area contributed by atoms with Gasteiger partial charge in [0.05, 0.1) is 5.69 Å². The molecule has 1 N–H and O–H groups in total. The van der Waals surface area contributed by atoms with Gasteiger partial charge >= 0.3 is 0 Å². The van der Waals surface area contributed by atoms with Gasteiger partial charge in [0.2, 0.25) is 0 Å². The average molecular weight is 180 g/mol. The second-order valence-corrected chi connectivity index (χ2v) is 2.14. The number of nitrogens with one attached hydrogen (secondary N) is 1. The average Bonchev–Trinajstić information content (AvgIpc) is 2.19. The molecule has 0 aliphatic carbocycles. The highest BCUT2D eigenvalue weighted by molar-refractivity contribution is 5.50. The highest BCUT2D eigenvalue weighted by Gasteiger charge is 1.94. The fraction of sp³-hybridized carbons (Fsp3) is 0.125. The molecule has 68 valence electrons. The van der Waals surface area contributed by atoms with Crippen LogP contribution in [0.25, 0.3) is 0 Å². The lowest BCUT2D eigenvalue weighted by Crippen LogP contribution is -1.99. The highest BCUT2D eigenvalue weighted by Crippen LogP contribution is 2.17. The smallest absolute Gasteiger partial charge is 0.165 e. The van der Waals surface area contributed by atoms with E-state index in [9.17, 15) is 4.79 Å². The van der Waals surface area contributed by atoms with E-state index in [0.717, 1.165) is 0 Å². The van der Waals surface area contributed by atoms with E-state index < -0.39 is 0 Å². The molecule has 0 radical (unpaired) electrons. The molecule has 5 nitrogen and oxygen atoms in total. The fourth-order valence-electron chi connectivity index (χ4n) is 0.706. The van der Waals surface area contributed by atoms with Crippen molar-refractivity contribution in [1.82, 2.24) is 0 Å².